The van der Waals surface area contributed by atoms with Gasteiger partial charge in [-0.05, 0) is 0 Å². The number of aromatic nitrogens is 1. The summed E-state index contributed by atoms with van der Waals surface area (Å²) in [5, 5.41) is 2.51. The summed E-state index contributed by atoms with van der Waals surface area (Å²) in [5.74, 6) is -0.396. The largest absolute Gasteiger partial charge is 0.367 e. The lowest BCUT2D eigenvalue weighted by atomic mass is 10.2. The molecule has 5 nitrogen and oxygen atoms in total. The van der Waals surface area contributed by atoms with Crippen molar-refractivity contribution in [1.82, 2.24) is 10.3 Å². The number of hydrogen-bond acceptors (Lipinski definition) is 3. The highest BCUT2D eigenvalue weighted by atomic mass is 16.2. The molecule has 1 amide bonds. The number of pyridine rings is 1. The molecule has 0 saturated carbocycles. The summed E-state index contributed by atoms with van der Waals surface area (Å²) in [5.41, 5.74) is 5.00. The Balaban J connectivity index is 2.77. The number of carbonyl (C=O) groups excluding carboxylic acids is 1. The number of nitrogens with two attached hydrogens (primary N) is 1. The molecule has 5 heteroatoms. The topological polar surface area (TPSA) is 88.0 Å². The summed E-state index contributed by atoms with van der Waals surface area (Å²) in [6.07, 6.45) is 2.84. The lowest BCUT2D eigenvalue weighted by Gasteiger charge is -2.01. The first-order valence-corrected chi connectivity index (χ1v) is 3.91. The van der Waals surface area contributed by atoms with Gasteiger partial charge in [-0.1, -0.05) is 0 Å². The maximum absolute atomic E-state index is 11.2. The number of hydrogen-bond donors (Lipinski definition) is 3. The number of H-pyrrole nitrogens is 1. The van der Waals surface area contributed by atoms with Crippen LogP contribution in [0.15, 0.2) is 23.3 Å². The van der Waals surface area contributed by atoms with E-state index < -0.39 is 5.91 Å². The molecule has 70 valence electrons. The fraction of sp³-hybridized carbons (Fsp3) is 0.250. The van der Waals surface area contributed by atoms with E-state index in [2.05, 4.69) is 10.3 Å². The van der Waals surface area contributed by atoms with Crippen LogP contribution in [0.5, 0.6) is 0 Å². The van der Waals surface area contributed by atoms with E-state index in [4.69, 9.17) is 5.73 Å². The third-order valence-electron chi connectivity index (χ3n) is 1.50. The number of carbonyl (C=O) groups is 1. The van der Waals surface area contributed by atoms with E-state index >= 15 is 0 Å². The fourth-order valence-corrected chi connectivity index (χ4v) is 0.875. The Kier molecular flexibility index (Phi) is 3.22. The zero-order chi connectivity index (χ0) is 9.68. The quantitative estimate of drug-likeness (QED) is 0.562. The Morgan fingerprint density at radius 1 is 1.62 bits per heavy atom. The van der Waals surface area contributed by atoms with Gasteiger partial charge < -0.3 is 16.0 Å². The van der Waals surface area contributed by atoms with Gasteiger partial charge in [-0.15, -0.1) is 0 Å². The van der Waals surface area contributed by atoms with Gasteiger partial charge in [-0.3, -0.25) is 9.59 Å². The lowest BCUT2D eigenvalue weighted by Crippen LogP contribution is -2.32. The van der Waals surface area contributed by atoms with E-state index in [1.54, 1.807) is 0 Å². The minimum Gasteiger partial charge on any atom is -0.367 e. The van der Waals surface area contributed by atoms with Crippen LogP contribution >= 0.6 is 0 Å². The highest BCUT2D eigenvalue weighted by Gasteiger charge is 2.07. The average molecular weight is 181 g/mol. The number of aromatic amines is 1. The second-order valence-electron chi connectivity index (χ2n) is 2.47. The minimum atomic E-state index is -0.396. The molecule has 1 rings (SSSR count). The number of rotatable bonds is 3. The van der Waals surface area contributed by atoms with Crippen LogP contribution in [0.4, 0.5) is 0 Å². The van der Waals surface area contributed by atoms with Crippen LogP contribution in [0.2, 0.25) is 0 Å². The molecule has 13 heavy (non-hydrogen) atoms. The van der Waals surface area contributed by atoms with Crippen LogP contribution in [0.25, 0.3) is 0 Å². The van der Waals surface area contributed by atoms with Crippen molar-refractivity contribution in [3.63, 3.8) is 0 Å². The lowest BCUT2D eigenvalue weighted by molar-refractivity contribution is 0.0953. The van der Waals surface area contributed by atoms with E-state index in [-0.39, 0.29) is 11.0 Å². The normalized spacial score (nSPS) is 9.62. The van der Waals surface area contributed by atoms with Gasteiger partial charge in [-0.2, -0.15) is 0 Å². The molecule has 4 N–H and O–H groups in total. The van der Waals surface area contributed by atoms with Crippen LogP contribution in [-0.2, 0) is 0 Å². The van der Waals surface area contributed by atoms with Gasteiger partial charge in [0.25, 0.3) is 5.91 Å². The first kappa shape index (κ1) is 9.47. The summed E-state index contributed by atoms with van der Waals surface area (Å²) in [6.45, 7) is 0.726. The van der Waals surface area contributed by atoms with Crippen molar-refractivity contribution in [2.45, 2.75) is 0 Å². The molecule has 0 saturated heterocycles. The Bertz CT molecular complexity index is 345. The summed E-state index contributed by atoms with van der Waals surface area (Å²) < 4.78 is 0. The van der Waals surface area contributed by atoms with Crippen molar-refractivity contribution in [3.05, 3.63) is 34.2 Å². The molecule has 0 bridgehead atoms. The number of nitrogens with one attached hydrogen (secondary N) is 2. The molecule has 0 fully saturated rings. The molecule has 0 radical (unpaired) electrons. The summed E-state index contributed by atoms with van der Waals surface area (Å²) in [7, 11) is 0. The van der Waals surface area contributed by atoms with Crippen molar-refractivity contribution < 1.29 is 4.79 Å². The van der Waals surface area contributed by atoms with Crippen LogP contribution in [0.1, 0.15) is 10.4 Å². The summed E-state index contributed by atoms with van der Waals surface area (Å²) in [4.78, 5) is 25.0. The Labute approximate surface area is 75.0 Å². The molecular weight excluding hydrogens is 170 g/mol. The van der Waals surface area contributed by atoms with E-state index in [9.17, 15) is 9.59 Å². The predicted molar refractivity (Wildman–Crippen MR) is 48.5 cm³/mol. The zero-order valence-electron chi connectivity index (χ0n) is 7.04. The second kappa shape index (κ2) is 4.42. The van der Waals surface area contributed by atoms with Gasteiger partial charge in [0.2, 0.25) is 0 Å². The highest BCUT2D eigenvalue weighted by molar-refractivity contribution is 5.93. The molecule has 0 spiro atoms. The molecule has 0 aliphatic rings. The van der Waals surface area contributed by atoms with Crippen molar-refractivity contribution in [2.24, 2.45) is 5.73 Å². The smallest absolute Gasteiger partial charge is 0.256 e. The molecular formula is C8H11N3O2. The standard InChI is InChI=1S/C8H11N3O2/c9-2-4-11-8(13)6-5-10-3-1-7(6)12/h1,3,5H,2,4,9H2,(H,10,12)(H,11,13). The summed E-state index contributed by atoms with van der Waals surface area (Å²) in [6, 6.07) is 1.30. The molecule has 0 aromatic carbocycles. The van der Waals surface area contributed by atoms with Gasteiger partial charge in [0.15, 0.2) is 5.43 Å². The van der Waals surface area contributed by atoms with Gasteiger partial charge in [0, 0.05) is 31.5 Å². The van der Waals surface area contributed by atoms with Crippen LogP contribution in [0.3, 0.4) is 0 Å². The molecule has 0 unspecified atom stereocenters. The van der Waals surface area contributed by atoms with Crippen LogP contribution < -0.4 is 16.5 Å². The fourth-order valence-electron chi connectivity index (χ4n) is 0.875. The van der Waals surface area contributed by atoms with Gasteiger partial charge in [-0.25, -0.2) is 0 Å². The van der Waals surface area contributed by atoms with Crippen molar-refractivity contribution in [3.8, 4) is 0 Å². The molecule has 0 aliphatic carbocycles. The Morgan fingerprint density at radius 3 is 3.00 bits per heavy atom. The maximum atomic E-state index is 11.2. The molecule has 1 aromatic heterocycles. The van der Waals surface area contributed by atoms with Crippen LogP contribution in [0, 0.1) is 0 Å². The number of amides is 1. The van der Waals surface area contributed by atoms with Gasteiger partial charge >= 0.3 is 0 Å². The van der Waals surface area contributed by atoms with Gasteiger partial charge in [0.05, 0.1) is 0 Å². The molecule has 0 aliphatic heterocycles. The Morgan fingerprint density at radius 2 is 2.38 bits per heavy atom. The van der Waals surface area contributed by atoms with E-state index in [0.717, 1.165) is 0 Å². The predicted octanol–water partition coefficient (Wildman–Crippen LogP) is -0.937. The SMILES string of the molecule is NCCNC(=O)c1c[nH]ccc1=O. The minimum absolute atomic E-state index is 0.107. The zero-order valence-corrected chi connectivity index (χ0v) is 7.04. The van der Waals surface area contributed by atoms with Gasteiger partial charge in [0.1, 0.15) is 5.56 Å². The second-order valence-corrected chi connectivity index (χ2v) is 2.47. The first-order valence-electron chi connectivity index (χ1n) is 3.91. The van der Waals surface area contributed by atoms with Crippen molar-refractivity contribution in [1.29, 1.82) is 0 Å². The highest BCUT2D eigenvalue weighted by Crippen LogP contribution is 1.86. The van der Waals surface area contributed by atoms with Crippen LogP contribution in [-0.4, -0.2) is 24.0 Å². The monoisotopic (exact) mass is 181 g/mol. The third-order valence-corrected chi connectivity index (χ3v) is 1.50. The summed E-state index contributed by atoms with van der Waals surface area (Å²) >= 11 is 0. The Hall–Kier alpha value is -1.62. The third kappa shape index (κ3) is 2.41. The average Bonchev–Trinajstić information content (AvgIpc) is 2.15. The molecule has 1 heterocycles. The molecule has 0 atom stereocenters. The van der Waals surface area contributed by atoms with E-state index in [0.29, 0.717) is 13.1 Å². The van der Waals surface area contributed by atoms with Crippen molar-refractivity contribution >= 4 is 5.91 Å². The first-order chi connectivity index (χ1) is 6.25. The maximum Gasteiger partial charge on any atom is 0.256 e. The van der Waals surface area contributed by atoms with Crippen molar-refractivity contribution in [2.75, 3.05) is 13.1 Å². The molecule has 1 aromatic rings. The van der Waals surface area contributed by atoms with E-state index in [1.165, 1.54) is 18.5 Å². The van der Waals surface area contributed by atoms with E-state index in [1.807, 2.05) is 0 Å².